The first-order valence-electron chi connectivity index (χ1n) is 11.1. The molecule has 0 heterocycles. The van der Waals surface area contributed by atoms with E-state index in [1.165, 1.54) is 24.0 Å². The lowest BCUT2D eigenvalue weighted by Crippen LogP contribution is -2.42. The Morgan fingerprint density at radius 3 is 2.58 bits per heavy atom. The lowest BCUT2D eigenvalue weighted by Gasteiger charge is -2.29. The van der Waals surface area contributed by atoms with Gasteiger partial charge in [0.15, 0.2) is 0 Å². The zero-order valence-electron chi connectivity index (χ0n) is 18.5. The van der Waals surface area contributed by atoms with E-state index in [2.05, 4.69) is 49.5 Å². The van der Waals surface area contributed by atoms with Crippen molar-refractivity contribution in [2.45, 2.75) is 57.9 Å². The van der Waals surface area contributed by atoms with Crippen LogP contribution in [0.25, 0.3) is 0 Å². The smallest absolute Gasteiger partial charge is 0.303 e. The van der Waals surface area contributed by atoms with Crippen LogP contribution in [0.15, 0.2) is 42.5 Å². The van der Waals surface area contributed by atoms with E-state index in [1.807, 2.05) is 0 Å². The summed E-state index contributed by atoms with van der Waals surface area (Å²) < 4.78 is 5.86. The zero-order chi connectivity index (χ0) is 22.3. The number of benzene rings is 2. The molecule has 0 amide bonds. The van der Waals surface area contributed by atoms with Crippen LogP contribution in [0.2, 0.25) is 0 Å². The van der Waals surface area contributed by atoms with Gasteiger partial charge in [0.25, 0.3) is 0 Å². The van der Waals surface area contributed by atoms with Gasteiger partial charge in [-0.2, -0.15) is 5.26 Å². The summed E-state index contributed by atoms with van der Waals surface area (Å²) in [5.41, 5.74) is 4.40. The fraction of sp³-hybridized carbons (Fsp3) is 0.462. The number of hydrogen-bond acceptors (Lipinski definition) is 4. The Bertz CT molecular complexity index is 921. The molecule has 0 saturated carbocycles. The molecule has 0 aliphatic heterocycles. The van der Waals surface area contributed by atoms with E-state index in [0.717, 1.165) is 24.9 Å². The normalized spacial score (nSPS) is 13.6. The number of carbonyl (C=O) groups is 1. The van der Waals surface area contributed by atoms with E-state index in [4.69, 9.17) is 9.84 Å². The number of carboxylic acid groups (broad SMARTS) is 1. The first-order chi connectivity index (χ1) is 14.9. The Morgan fingerprint density at radius 2 is 1.94 bits per heavy atom. The maximum atomic E-state index is 10.8. The van der Waals surface area contributed by atoms with E-state index in [9.17, 15) is 10.1 Å². The summed E-state index contributed by atoms with van der Waals surface area (Å²) >= 11 is 0. The molecule has 1 aliphatic rings. The predicted molar refractivity (Wildman–Crippen MR) is 121 cm³/mol. The largest absolute Gasteiger partial charge is 0.492 e. The minimum atomic E-state index is -0.831. The fourth-order valence-electron chi connectivity index (χ4n) is 4.45. The molecular weight excluding hydrogens is 388 g/mol. The second-order valence-corrected chi connectivity index (χ2v) is 9.10. The molecular formula is C26H32N2O3. The van der Waals surface area contributed by atoms with Gasteiger partial charge < -0.3 is 15.2 Å². The van der Waals surface area contributed by atoms with Crippen molar-refractivity contribution in [3.8, 4) is 11.8 Å². The van der Waals surface area contributed by atoms with Gasteiger partial charge in [-0.25, -0.2) is 0 Å². The van der Waals surface area contributed by atoms with Crippen LogP contribution in [-0.4, -0.2) is 29.8 Å². The number of carboxylic acids is 1. The first kappa shape index (κ1) is 22.8. The summed E-state index contributed by atoms with van der Waals surface area (Å²) in [5.74, 6) is 0.387. The molecule has 5 nitrogen and oxygen atoms in total. The van der Waals surface area contributed by atoms with Gasteiger partial charge in [-0.3, -0.25) is 4.79 Å². The van der Waals surface area contributed by atoms with Crippen LogP contribution in [0, 0.1) is 17.2 Å². The third-order valence-electron chi connectivity index (χ3n) is 5.91. The minimum absolute atomic E-state index is 0.0568. The lowest BCUT2D eigenvalue weighted by molar-refractivity contribution is -0.136. The van der Waals surface area contributed by atoms with Gasteiger partial charge in [0, 0.05) is 12.0 Å². The average molecular weight is 421 g/mol. The lowest BCUT2D eigenvalue weighted by atomic mass is 9.88. The number of rotatable bonds is 11. The van der Waals surface area contributed by atoms with Gasteiger partial charge in [-0.1, -0.05) is 30.3 Å². The summed E-state index contributed by atoms with van der Waals surface area (Å²) in [7, 11) is 0. The molecule has 5 heteroatoms. The van der Waals surface area contributed by atoms with Crippen LogP contribution in [0.5, 0.6) is 5.75 Å². The number of hydrogen-bond donors (Lipinski definition) is 2. The third kappa shape index (κ3) is 6.83. The number of nitriles is 1. The SMILES string of the molecule is CC(C)(CC1Cc2ccccc2C1)NCCCOc1cc(CCC(=O)O)ccc1C#N. The van der Waals surface area contributed by atoms with Crippen molar-refractivity contribution >= 4 is 5.97 Å². The molecule has 2 N–H and O–H groups in total. The summed E-state index contributed by atoms with van der Waals surface area (Å²) in [6, 6.07) is 16.2. The molecule has 0 atom stereocenters. The highest BCUT2D eigenvalue weighted by Crippen LogP contribution is 2.31. The number of fused-ring (bicyclic) bond motifs is 1. The quantitative estimate of drug-likeness (QED) is 0.523. The highest BCUT2D eigenvalue weighted by Gasteiger charge is 2.27. The third-order valence-corrected chi connectivity index (χ3v) is 5.91. The minimum Gasteiger partial charge on any atom is -0.492 e. The molecule has 0 unspecified atom stereocenters. The van der Waals surface area contributed by atoms with E-state index in [-0.39, 0.29) is 12.0 Å². The molecule has 2 aromatic rings. The van der Waals surface area contributed by atoms with E-state index < -0.39 is 5.97 Å². The number of nitrogens with zero attached hydrogens (tertiary/aromatic N) is 1. The summed E-state index contributed by atoms with van der Waals surface area (Å²) in [6.07, 6.45) is 4.79. The Hall–Kier alpha value is -2.84. The van der Waals surface area contributed by atoms with Crippen LogP contribution >= 0.6 is 0 Å². The Balaban J connectivity index is 1.42. The van der Waals surface area contributed by atoms with Crippen molar-refractivity contribution in [3.05, 3.63) is 64.7 Å². The molecule has 164 valence electrons. The first-order valence-corrected chi connectivity index (χ1v) is 11.1. The topological polar surface area (TPSA) is 82.3 Å². The molecule has 0 bridgehead atoms. The van der Waals surface area contributed by atoms with Gasteiger partial charge in [-0.15, -0.1) is 0 Å². The molecule has 31 heavy (non-hydrogen) atoms. The second-order valence-electron chi connectivity index (χ2n) is 9.10. The summed E-state index contributed by atoms with van der Waals surface area (Å²) in [5, 5.41) is 21.8. The van der Waals surface area contributed by atoms with Crippen molar-refractivity contribution in [1.29, 1.82) is 5.26 Å². The van der Waals surface area contributed by atoms with Gasteiger partial charge in [0.2, 0.25) is 0 Å². The molecule has 0 spiro atoms. The number of nitrogens with one attached hydrogen (secondary N) is 1. The van der Waals surface area contributed by atoms with Crippen molar-refractivity contribution < 1.29 is 14.6 Å². The second kappa shape index (κ2) is 10.5. The number of ether oxygens (including phenoxy) is 1. The van der Waals surface area contributed by atoms with Gasteiger partial charge in [0.1, 0.15) is 11.8 Å². The van der Waals surface area contributed by atoms with Gasteiger partial charge in [-0.05, 0) is 87.2 Å². The molecule has 0 radical (unpaired) electrons. The predicted octanol–water partition coefficient (Wildman–Crippen LogP) is 4.52. The Kier molecular flexibility index (Phi) is 7.70. The van der Waals surface area contributed by atoms with Crippen LogP contribution in [0.4, 0.5) is 0 Å². The molecule has 0 saturated heterocycles. The Labute approximate surface area is 185 Å². The van der Waals surface area contributed by atoms with Crippen LogP contribution in [-0.2, 0) is 24.1 Å². The summed E-state index contributed by atoms with van der Waals surface area (Å²) in [4.78, 5) is 10.8. The standard InChI is InChI=1S/C26H32N2O3/c1-26(2,17-20-14-21-6-3-4-7-22(21)15-20)28-12-5-13-31-24-16-19(9-11-25(29)30)8-10-23(24)18-27/h3-4,6-8,10,16,20,28H,5,9,11-15,17H2,1-2H3,(H,29,30). The molecule has 3 rings (SSSR count). The monoisotopic (exact) mass is 420 g/mol. The van der Waals surface area contributed by atoms with E-state index in [0.29, 0.717) is 30.3 Å². The molecule has 0 aromatic heterocycles. The highest BCUT2D eigenvalue weighted by atomic mass is 16.5. The van der Waals surface area contributed by atoms with Crippen molar-refractivity contribution in [2.24, 2.45) is 5.92 Å². The van der Waals surface area contributed by atoms with Crippen LogP contribution in [0.1, 0.15) is 55.4 Å². The fourth-order valence-corrected chi connectivity index (χ4v) is 4.45. The highest BCUT2D eigenvalue weighted by molar-refractivity contribution is 5.67. The van der Waals surface area contributed by atoms with Crippen molar-refractivity contribution in [2.75, 3.05) is 13.2 Å². The Morgan fingerprint density at radius 1 is 1.23 bits per heavy atom. The van der Waals surface area contributed by atoms with Gasteiger partial charge >= 0.3 is 5.97 Å². The number of aliphatic carboxylic acids is 1. The van der Waals surface area contributed by atoms with Gasteiger partial charge in [0.05, 0.1) is 12.2 Å². The van der Waals surface area contributed by atoms with Crippen molar-refractivity contribution in [3.63, 3.8) is 0 Å². The van der Waals surface area contributed by atoms with Crippen LogP contribution in [0.3, 0.4) is 0 Å². The van der Waals surface area contributed by atoms with Crippen molar-refractivity contribution in [1.82, 2.24) is 5.32 Å². The molecule has 2 aromatic carbocycles. The maximum Gasteiger partial charge on any atom is 0.303 e. The van der Waals surface area contributed by atoms with E-state index >= 15 is 0 Å². The number of aryl methyl sites for hydroxylation is 1. The average Bonchev–Trinajstić information content (AvgIpc) is 3.13. The molecule has 1 aliphatic carbocycles. The summed E-state index contributed by atoms with van der Waals surface area (Å²) in [6.45, 7) is 5.87. The van der Waals surface area contributed by atoms with Crippen LogP contribution < -0.4 is 10.1 Å². The maximum absolute atomic E-state index is 10.8. The van der Waals surface area contributed by atoms with E-state index in [1.54, 1.807) is 18.2 Å². The zero-order valence-corrected chi connectivity index (χ0v) is 18.5. The molecule has 0 fully saturated rings.